The molecule has 5 heteroatoms. The van der Waals surface area contributed by atoms with Crippen molar-refractivity contribution >= 4 is 69.8 Å². The summed E-state index contributed by atoms with van der Waals surface area (Å²) in [4.78, 5) is 0. The third-order valence-electron chi connectivity index (χ3n) is 6.09. The van der Waals surface area contributed by atoms with E-state index in [1.54, 1.807) is 17.8 Å². The van der Waals surface area contributed by atoms with E-state index in [1.165, 1.54) is 33.5 Å². The Kier molecular flexibility index (Phi) is 16.0. The summed E-state index contributed by atoms with van der Waals surface area (Å²) in [5.41, 5.74) is 0.965. The molecule has 0 saturated heterocycles. The first-order chi connectivity index (χ1) is 20.1. The van der Waals surface area contributed by atoms with Gasteiger partial charge in [0.15, 0.2) is 0 Å². The van der Waals surface area contributed by atoms with Gasteiger partial charge in [-0.05, 0) is 48.5 Å². The molecule has 209 valence electrons. The van der Waals surface area contributed by atoms with Gasteiger partial charge in [-0.2, -0.15) is 0 Å². The van der Waals surface area contributed by atoms with Crippen molar-refractivity contribution in [1.29, 1.82) is 0 Å². The summed E-state index contributed by atoms with van der Waals surface area (Å²) in [6, 6.07) is 56.5. The molecule has 0 aromatic heterocycles. The molecule has 0 aliphatic carbocycles. The van der Waals surface area contributed by atoms with Crippen molar-refractivity contribution in [3.05, 3.63) is 157 Å². The third-order valence-corrected chi connectivity index (χ3v) is 14.1. The molecular formula is C36H33FeP2S2-2. The molecule has 0 saturated carbocycles. The Hall–Kier alpha value is -2.30. The van der Waals surface area contributed by atoms with Crippen LogP contribution >= 0.6 is 39.8 Å². The van der Waals surface area contributed by atoms with Crippen LogP contribution in [0.25, 0.3) is 0 Å². The van der Waals surface area contributed by atoms with Gasteiger partial charge in [0.1, 0.15) is 12.3 Å². The first-order valence-electron chi connectivity index (χ1n) is 13.2. The zero-order valence-electron chi connectivity index (χ0n) is 23.2. The van der Waals surface area contributed by atoms with Crippen molar-refractivity contribution in [2.75, 3.05) is 18.6 Å². The van der Waals surface area contributed by atoms with Gasteiger partial charge in [-0.15, -0.1) is 0 Å². The first-order valence-corrected chi connectivity index (χ1v) is 18.8. The third kappa shape index (κ3) is 11.8. The van der Waals surface area contributed by atoms with E-state index in [2.05, 4.69) is 166 Å². The minimum Gasteiger partial charge on any atom is -0.999 e. The molecule has 5 aromatic carbocycles. The molecule has 0 spiro atoms. The molecule has 0 nitrogen and oxygen atoms in total. The molecule has 0 fully saturated rings. The number of hydrogen-bond donors (Lipinski definition) is 0. The Labute approximate surface area is 266 Å². The predicted molar refractivity (Wildman–Crippen MR) is 188 cm³/mol. The molecule has 0 N–H and O–H groups in total. The maximum absolute atomic E-state index is 4.90. The summed E-state index contributed by atoms with van der Waals surface area (Å²) >= 11 is 9.92. The molecule has 5 aromatic rings. The molecule has 0 amide bonds. The Morgan fingerprint density at radius 2 is 1.00 bits per heavy atom. The van der Waals surface area contributed by atoms with Crippen molar-refractivity contribution < 1.29 is 15.6 Å². The van der Waals surface area contributed by atoms with Crippen LogP contribution in [0.5, 0.6) is 0 Å². The van der Waals surface area contributed by atoms with Crippen LogP contribution < -0.4 is 21.2 Å². The standard InChI is InChI=1S/C26H24P2.C5H6S2.C5H.Fe/c1-5-13-23(14-6-1)27(24-15-7-2-8-16-24)21-22-28(25-17-9-3-10-18-25)26-19-11-4-12-20-26;1-4(2)5(6)7-3;1-2-4-5-3-1;/h1-20H,21-22H2;1,3H3;1H;/q;;-5;+1/p+2. The maximum Gasteiger partial charge on any atom is 0.101 e. The normalized spacial score (nSPS) is 10.0. The number of benzene rings is 4. The van der Waals surface area contributed by atoms with Crippen LogP contribution in [0.2, 0.25) is 0 Å². The van der Waals surface area contributed by atoms with Gasteiger partial charge < -0.3 is 30.3 Å². The second kappa shape index (κ2) is 19.8. The van der Waals surface area contributed by atoms with Gasteiger partial charge in [0.05, 0.1) is 37.1 Å². The van der Waals surface area contributed by atoms with Gasteiger partial charge in [0.25, 0.3) is 0 Å². The number of hydrogen-bond acceptors (Lipinski definition) is 2. The number of thiocarbonyl (C=S) groups is 1. The van der Waals surface area contributed by atoms with Crippen molar-refractivity contribution in [1.82, 2.24) is 0 Å². The Morgan fingerprint density at radius 3 is 1.20 bits per heavy atom. The van der Waals surface area contributed by atoms with E-state index < -0.39 is 15.8 Å². The molecule has 5 rings (SSSR count). The van der Waals surface area contributed by atoms with Gasteiger partial charge in [0, 0.05) is 0 Å². The maximum atomic E-state index is 4.90. The van der Waals surface area contributed by atoms with Gasteiger partial charge >= 0.3 is 67.1 Å². The van der Waals surface area contributed by atoms with Crippen molar-refractivity contribution in [3.63, 3.8) is 0 Å². The Bertz CT molecular complexity index is 1260. The fraction of sp³-hybridized carbons (Fsp3) is 0.111. The quantitative estimate of drug-likeness (QED) is 0.0592. The van der Waals surface area contributed by atoms with Crippen LogP contribution in [-0.4, -0.2) is 27.4 Å². The van der Waals surface area contributed by atoms with E-state index in [9.17, 15) is 0 Å². The van der Waals surface area contributed by atoms with E-state index in [0.29, 0.717) is 0 Å². The molecule has 0 bridgehead atoms. The zero-order valence-corrected chi connectivity index (χ0v) is 27.9. The van der Waals surface area contributed by atoms with Gasteiger partial charge in [-0.3, -0.25) is 0 Å². The summed E-state index contributed by atoms with van der Waals surface area (Å²) in [6.45, 7) is 1.91. The van der Waals surface area contributed by atoms with Crippen LogP contribution in [0.4, 0.5) is 0 Å². The smallest absolute Gasteiger partial charge is 0.101 e. The summed E-state index contributed by atoms with van der Waals surface area (Å²) in [5, 5.41) is 6.06. The molecule has 0 aliphatic rings. The minimum absolute atomic E-state index is 0.783. The second-order valence-corrected chi connectivity index (χ2v) is 15.8. The van der Waals surface area contributed by atoms with E-state index in [0.717, 1.165) is 9.77 Å². The minimum atomic E-state index is -0.783. The van der Waals surface area contributed by atoms with Crippen LogP contribution in [0.1, 0.15) is 6.92 Å². The second-order valence-electron chi connectivity index (χ2n) is 8.81. The average molecular weight is 648 g/mol. The molecule has 0 radical (unpaired) electrons. The summed E-state index contributed by atoms with van der Waals surface area (Å²) in [7, 11) is -1.57. The first kappa shape index (κ1) is 33.2. The fourth-order valence-electron chi connectivity index (χ4n) is 4.09. The molecule has 0 heterocycles. The Balaban J connectivity index is 0.000000294. The summed E-state index contributed by atoms with van der Waals surface area (Å²) in [5.74, 6) is 0. The van der Waals surface area contributed by atoms with Crippen LogP contribution in [0, 0.1) is 24.3 Å². The van der Waals surface area contributed by atoms with E-state index in [1.807, 2.05) is 13.2 Å². The fourth-order valence-corrected chi connectivity index (χ4v) is 11.0. The van der Waals surface area contributed by atoms with Crippen LogP contribution in [0.3, 0.4) is 0 Å². The van der Waals surface area contributed by atoms with Gasteiger partial charge in [0.2, 0.25) is 0 Å². The topological polar surface area (TPSA) is 0 Å². The van der Waals surface area contributed by atoms with E-state index in [4.69, 9.17) is 12.2 Å². The monoisotopic (exact) mass is 647 g/mol. The van der Waals surface area contributed by atoms with E-state index >= 15 is 0 Å². The summed E-state index contributed by atoms with van der Waals surface area (Å²) in [6.07, 6.45) is 4.47. The SMILES string of the molecule is CSC(=S)C(C)=[C]=[Fe+].[c-]1[c-][c-][cH-][c-]1.c1ccc([PH+](CC[PH+](c2ccccc2)c2ccccc2)c2ccccc2)cc1. The molecule has 41 heavy (non-hydrogen) atoms. The number of thioether (sulfide) groups is 1. The molecule has 0 atom stereocenters. The van der Waals surface area contributed by atoms with Crippen LogP contribution in [-0.2, 0) is 15.6 Å². The molecule has 0 aliphatic heterocycles. The van der Waals surface area contributed by atoms with Gasteiger partial charge in [-0.25, -0.2) is 0 Å². The van der Waals surface area contributed by atoms with Crippen molar-refractivity contribution in [2.45, 2.75) is 6.92 Å². The van der Waals surface area contributed by atoms with Crippen molar-refractivity contribution in [3.8, 4) is 0 Å². The Morgan fingerprint density at radius 1 is 0.683 bits per heavy atom. The predicted octanol–water partition coefficient (Wildman–Crippen LogP) is 6.89. The van der Waals surface area contributed by atoms with Crippen molar-refractivity contribution in [2.24, 2.45) is 0 Å². The van der Waals surface area contributed by atoms with Crippen LogP contribution in [0.15, 0.2) is 133 Å². The zero-order chi connectivity index (χ0) is 29.1. The molecular weight excluding hydrogens is 614 g/mol. The summed E-state index contributed by atoms with van der Waals surface area (Å²) < 4.78 is 3.60. The average Bonchev–Trinajstić information content (AvgIpc) is 3.65. The van der Waals surface area contributed by atoms with E-state index in [-0.39, 0.29) is 0 Å². The number of rotatable bonds is 8. The van der Waals surface area contributed by atoms with Gasteiger partial charge in [-0.1, -0.05) is 72.8 Å². The largest absolute Gasteiger partial charge is 0.999 e. The molecule has 0 unspecified atom stereocenters.